The van der Waals surface area contributed by atoms with E-state index in [1.54, 1.807) is 47.1 Å². The Bertz CT molecular complexity index is 744. The molecule has 2 aromatic rings. The standard InChI is InChI=1S/C18H23N3O3/c1-6-20(5)16(22)13-8-7-9-15(10-13)24-17(23)14-11-19-21(12-14)18(2,3)4/h7-12H,6H2,1-5H3. The first-order valence-corrected chi connectivity index (χ1v) is 7.85. The maximum Gasteiger partial charge on any atom is 0.346 e. The molecule has 6 heteroatoms. The Kier molecular flexibility index (Phi) is 5.07. The Morgan fingerprint density at radius 2 is 1.96 bits per heavy atom. The number of carbonyl (C=O) groups is 2. The molecule has 1 amide bonds. The number of benzene rings is 1. The van der Waals surface area contributed by atoms with Gasteiger partial charge in [0.05, 0.1) is 17.3 Å². The van der Waals surface area contributed by atoms with Crippen LogP contribution in [0.5, 0.6) is 5.75 Å². The van der Waals surface area contributed by atoms with Crippen LogP contribution < -0.4 is 4.74 Å². The molecule has 0 unspecified atom stereocenters. The molecule has 0 fully saturated rings. The molecule has 0 radical (unpaired) electrons. The summed E-state index contributed by atoms with van der Waals surface area (Å²) in [5.41, 5.74) is 0.637. The third kappa shape index (κ3) is 4.01. The van der Waals surface area contributed by atoms with Gasteiger partial charge in [0, 0.05) is 25.4 Å². The molecule has 0 aliphatic carbocycles. The number of ether oxygens (including phenoxy) is 1. The minimum atomic E-state index is -0.501. The topological polar surface area (TPSA) is 64.4 Å². The normalized spacial score (nSPS) is 11.2. The molecule has 0 bridgehead atoms. The quantitative estimate of drug-likeness (QED) is 0.639. The summed E-state index contributed by atoms with van der Waals surface area (Å²) in [5.74, 6) is -0.284. The van der Waals surface area contributed by atoms with Crippen molar-refractivity contribution in [2.24, 2.45) is 0 Å². The van der Waals surface area contributed by atoms with Crippen LogP contribution in [-0.4, -0.2) is 40.1 Å². The summed E-state index contributed by atoms with van der Waals surface area (Å²) in [5, 5.41) is 4.19. The smallest absolute Gasteiger partial charge is 0.346 e. The molecule has 0 aliphatic rings. The Balaban J connectivity index is 2.15. The summed E-state index contributed by atoms with van der Waals surface area (Å²) in [6, 6.07) is 6.61. The second-order valence-electron chi connectivity index (χ2n) is 6.58. The summed E-state index contributed by atoms with van der Waals surface area (Å²) >= 11 is 0. The third-order valence-electron chi connectivity index (χ3n) is 3.62. The van der Waals surface area contributed by atoms with Gasteiger partial charge in [0.1, 0.15) is 5.75 Å². The molecule has 1 aromatic heterocycles. The zero-order valence-electron chi connectivity index (χ0n) is 14.7. The average molecular weight is 329 g/mol. The van der Waals surface area contributed by atoms with Crippen molar-refractivity contribution in [3.05, 3.63) is 47.8 Å². The van der Waals surface area contributed by atoms with Gasteiger partial charge in [-0.25, -0.2) is 4.79 Å². The van der Waals surface area contributed by atoms with E-state index < -0.39 is 5.97 Å². The second-order valence-corrected chi connectivity index (χ2v) is 6.58. The average Bonchev–Trinajstić information content (AvgIpc) is 3.04. The van der Waals surface area contributed by atoms with Crippen LogP contribution >= 0.6 is 0 Å². The van der Waals surface area contributed by atoms with E-state index in [2.05, 4.69) is 5.10 Å². The van der Waals surface area contributed by atoms with Crippen LogP contribution in [0.2, 0.25) is 0 Å². The van der Waals surface area contributed by atoms with Crippen LogP contribution in [0.1, 0.15) is 48.4 Å². The van der Waals surface area contributed by atoms with E-state index in [1.807, 2.05) is 27.7 Å². The van der Waals surface area contributed by atoms with E-state index >= 15 is 0 Å². The fraction of sp³-hybridized carbons (Fsp3) is 0.389. The summed E-state index contributed by atoms with van der Waals surface area (Å²) < 4.78 is 7.08. The summed E-state index contributed by atoms with van der Waals surface area (Å²) in [6.07, 6.45) is 3.13. The lowest BCUT2D eigenvalue weighted by atomic mass is 10.1. The van der Waals surface area contributed by atoms with E-state index in [1.165, 1.54) is 6.20 Å². The van der Waals surface area contributed by atoms with Gasteiger partial charge < -0.3 is 9.64 Å². The Morgan fingerprint density at radius 3 is 2.54 bits per heavy atom. The number of amides is 1. The van der Waals surface area contributed by atoms with Gasteiger partial charge in [-0.3, -0.25) is 9.48 Å². The van der Waals surface area contributed by atoms with Crippen molar-refractivity contribution in [2.75, 3.05) is 13.6 Å². The van der Waals surface area contributed by atoms with Crippen molar-refractivity contribution in [3.8, 4) is 5.75 Å². The summed E-state index contributed by atoms with van der Waals surface area (Å²) in [4.78, 5) is 26.0. The number of nitrogens with zero attached hydrogens (tertiary/aromatic N) is 3. The Hall–Kier alpha value is -2.63. The van der Waals surface area contributed by atoms with Gasteiger partial charge in [0.15, 0.2) is 0 Å². The molecule has 0 saturated carbocycles. The predicted molar refractivity (Wildman–Crippen MR) is 91.3 cm³/mol. The first kappa shape index (κ1) is 17.7. The van der Waals surface area contributed by atoms with E-state index in [0.717, 1.165) is 0 Å². The van der Waals surface area contributed by atoms with Crippen molar-refractivity contribution in [3.63, 3.8) is 0 Å². The minimum absolute atomic E-state index is 0.115. The van der Waals surface area contributed by atoms with Gasteiger partial charge in [-0.1, -0.05) is 6.07 Å². The van der Waals surface area contributed by atoms with Crippen LogP contribution in [0.4, 0.5) is 0 Å². The minimum Gasteiger partial charge on any atom is -0.423 e. The molecule has 2 rings (SSSR count). The maximum atomic E-state index is 12.3. The molecule has 0 aliphatic heterocycles. The molecule has 0 N–H and O–H groups in total. The van der Waals surface area contributed by atoms with Crippen molar-refractivity contribution in [1.29, 1.82) is 0 Å². The lowest BCUT2D eigenvalue weighted by Crippen LogP contribution is -2.26. The molecule has 128 valence electrons. The zero-order valence-corrected chi connectivity index (χ0v) is 14.7. The van der Waals surface area contributed by atoms with Crippen molar-refractivity contribution in [1.82, 2.24) is 14.7 Å². The molecule has 6 nitrogen and oxygen atoms in total. The van der Waals surface area contributed by atoms with E-state index in [9.17, 15) is 9.59 Å². The number of hydrogen-bond acceptors (Lipinski definition) is 4. The number of hydrogen-bond donors (Lipinski definition) is 0. The number of esters is 1. The first-order chi connectivity index (χ1) is 11.2. The molecule has 1 aromatic carbocycles. The monoisotopic (exact) mass is 329 g/mol. The second kappa shape index (κ2) is 6.86. The van der Waals surface area contributed by atoms with Gasteiger partial charge in [-0.05, 0) is 45.9 Å². The van der Waals surface area contributed by atoms with E-state index in [4.69, 9.17) is 4.74 Å². The predicted octanol–water partition coefficient (Wildman–Crippen LogP) is 2.95. The van der Waals surface area contributed by atoms with Crippen LogP contribution in [0.15, 0.2) is 36.7 Å². The highest BCUT2D eigenvalue weighted by Gasteiger charge is 2.18. The van der Waals surface area contributed by atoms with E-state index in [-0.39, 0.29) is 11.4 Å². The van der Waals surface area contributed by atoms with Gasteiger partial charge >= 0.3 is 5.97 Å². The van der Waals surface area contributed by atoms with Crippen molar-refractivity contribution >= 4 is 11.9 Å². The highest BCUT2D eigenvalue weighted by Crippen LogP contribution is 2.18. The zero-order chi connectivity index (χ0) is 17.9. The fourth-order valence-electron chi connectivity index (χ4n) is 2.02. The number of carbonyl (C=O) groups excluding carboxylic acids is 2. The van der Waals surface area contributed by atoms with Gasteiger partial charge in [0.25, 0.3) is 5.91 Å². The van der Waals surface area contributed by atoms with Crippen LogP contribution in [-0.2, 0) is 5.54 Å². The Morgan fingerprint density at radius 1 is 1.25 bits per heavy atom. The fourth-order valence-corrected chi connectivity index (χ4v) is 2.02. The van der Waals surface area contributed by atoms with Crippen LogP contribution in [0.25, 0.3) is 0 Å². The lowest BCUT2D eigenvalue weighted by molar-refractivity contribution is 0.0730. The number of aromatic nitrogens is 2. The SMILES string of the molecule is CCN(C)C(=O)c1cccc(OC(=O)c2cnn(C(C)(C)C)c2)c1. The lowest BCUT2D eigenvalue weighted by Gasteiger charge is -2.18. The highest BCUT2D eigenvalue weighted by atomic mass is 16.5. The van der Waals surface area contributed by atoms with Crippen molar-refractivity contribution < 1.29 is 14.3 Å². The highest BCUT2D eigenvalue weighted by molar-refractivity contribution is 5.95. The summed E-state index contributed by atoms with van der Waals surface area (Å²) in [7, 11) is 1.72. The largest absolute Gasteiger partial charge is 0.423 e. The Labute approximate surface area is 142 Å². The van der Waals surface area contributed by atoms with E-state index in [0.29, 0.717) is 23.4 Å². The van der Waals surface area contributed by atoms with Gasteiger partial charge in [-0.15, -0.1) is 0 Å². The van der Waals surface area contributed by atoms with Crippen molar-refractivity contribution in [2.45, 2.75) is 33.2 Å². The first-order valence-electron chi connectivity index (χ1n) is 7.85. The van der Waals surface area contributed by atoms with Crippen LogP contribution in [0, 0.1) is 0 Å². The maximum absolute atomic E-state index is 12.3. The third-order valence-corrected chi connectivity index (χ3v) is 3.62. The molecule has 0 saturated heterocycles. The van der Waals surface area contributed by atoms with Crippen LogP contribution in [0.3, 0.4) is 0 Å². The van der Waals surface area contributed by atoms with Gasteiger partial charge in [-0.2, -0.15) is 5.10 Å². The molecular formula is C18H23N3O3. The molecular weight excluding hydrogens is 306 g/mol. The molecule has 0 spiro atoms. The molecule has 0 atom stereocenters. The molecule has 24 heavy (non-hydrogen) atoms. The number of rotatable bonds is 4. The summed E-state index contributed by atoms with van der Waals surface area (Å²) in [6.45, 7) is 8.49. The van der Waals surface area contributed by atoms with Gasteiger partial charge in [0.2, 0.25) is 0 Å². The molecule has 1 heterocycles.